The smallest absolute Gasteiger partial charge is 0.341 e. The molecule has 0 unspecified atom stereocenters. The summed E-state index contributed by atoms with van der Waals surface area (Å²) in [6.45, 7) is 4.37. The summed E-state index contributed by atoms with van der Waals surface area (Å²) < 4.78 is 5.12. The molecule has 0 spiro atoms. The molecule has 5 nitrogen and oxygen atoms in total. The molecule has 0 saturated heterocycles. The minimum absolute atomic E-state index is 0.252. The second-order valence-electron chi connectivity index (χ2n) is 9.69. The van der Waals surface area contributed by atoms with Gasteiger partial charge in [0.15, 0.2) is 0 Å². The molecule has 1 atom stereocenters. The van der Waals surface area contributed by atoms with Gasteiger partial charge in [-0.1, -0.05) is 69.2 Å². The highest BCUT2D eigenvalue weighted by molar-refractivity contribution is 7.17. The van der Waals surface area contributed by atoms with Gasteiger partial charge in [-0.05, 0) is 54.9 Å². The Morgan fingerprint density at radius 2 is 1.89 bits per heavy atom. The zero-order valence-electron chi connectivity index (χ0n) is 21.6. The van der Waals surface area contributed by atoms with Crippen molar-refractivity contribution in [3.8, 4) is 11.3 Å². The van der Waals surface area contributed by atoms with Crippen LogP contribution in [-0.2, 0) is 24.0 Å². The number of para-hydroxylation sites is 1. The Bertz CT molecular complexity index is 1460. The van der Waals surface area contributed by atoms with Gasteiger partial charge >= 0.3 is 5.97 Å². The molecule has 1 N–H and O–H groups in total. The van der Waals surface area contributed by atoms with Crippen molar-refractivity contribution in [3.63, 3.8) is 0 Å². The molecule has 1 amide bonds. The zero-order valence-corrected chi connectivity index (χ0v) is 22.4. The molecule has 0 fully saturated rings. The number of carbonyl (C=O) groups is 2. The van der Waals surface area contributed by atoms with E-state index < -0.39 is 5.97 Å². The largest absolute Gasteiger partial charge is 0.465 e. The molecular formula is C31H32N2O3S. The molecule has 0 radical (unpaired) electrons. The average molecular weight is 513 g/mol. The molecule has 2 aromatic carbocycles. The van der Waals surface area contributed by atoms with E-state index in [4.69, 9.17) is 9.72 Å². The van der Waals surface area contributed by atoms with Crippen LogP contribution in [-0.4, -0.2) is 24.0 Å². The number of fused-ring (bicyclic) bond motifs is 2. The lowest BCUT2D eigenvalue weighted by atomic mass is 9.85. The van der Waals surface area contributed by atoms with E-state index >= 15 is 0 Å². The number of benzene rings is 2. The first-order chi connectivity index (χ1) is 18.0. The van der Waals surface area contributed by atoms with E-state index in [2.05, 4.69) is 43.4 Å². The van der Waals surface area contributed by atoms with Gasteiger partial charge in [0.2, 0.25) is 0 Å². The Morgan fingerprint density at radius 3 is 2.62 bits per heavy atom. The fourth-order valence-electron chi connectivity index (χ4n) is 5.22. The second-order valence-corrected chi connectivity index (χ2v) is 10.8. The van der Waals surface area contributed by atoms with Crippen LogP contribution >= 0.6 is 11.3 Å². The second kappa shape index (κ2) is 10.9. The summed E-state index contributed by atoms with van der Waals surface area (Å²) in [6, 6.07) is 17.9. The molecule has 0 aliphatic heterocycles. The first-order valence-electron chi connectivity index (χ1n) is 13.1. The molecule has 0 bridgehead atoms. The van der Waals surface area contributed by atoms with E-state index in [1.165, 1.54) is 28.9 Å². The summed E-state index contributed by atoms with van der Waals surface area (Å²) >= 11 is 1.51. The highest BCUT2D eigenvalue weighted by atomic mass is 32.1. The predicted octanol–water partition coefficient (Wildman–Crippen LogP) is 7.47. The van der Waals surface area contributed by atoms with Crippen molar-refractivity contribution in [3.05, 3.63) is 81.7 Å². The van der Waals surface area contributed by atoms with Crippen molar-refractivity contribution in [1.29, 1.82) is 0 Å². The number of nitrogens with zero attached hydrogens (tertiary/aromatic N) is 1. The first-order valence-corrected chi connectivity index (χ1v) is 13.9. The number of aromatic nitrogens is 1. The number of carbonyl (C=O) groups excluding carboxylic acids is 2. The summed E-state index contributed by atoms with van der Waals surface area (Å²) in [7, 11) is 1.39. The molecule has 4 aromatic rings. The molecular weight excluding hydrogens is 480 g/mol. The fourth-order valence-corrected chi connectivity index (χ4v) is 6.57. The Labute approximate surface area is 221 Å². The molecule has 5 rings (SSSR count). The van der Waals surface area contributed by atoms with Crippen LogP contribution in [0.1, 0.15) is 69.8 Å². The van der Waals surface area contributed by atoms with Crippen LogP contribution in [0.25, 0.3) is 22.2 Å². The normalized spacial score (nSPS) is 14.8. The highest BCUT2D eigenvalue weighted by Crippen LogP contribution is 2.41. The Kier molecular flexibility index (Phi) is 7.38. The zero-order chi connectivity index (χ0) is 25.9. The maximum Gasteiger partial charge on any atom is 0.341 e. The standard InChI is InChI=1S/C31H32N2O3S/c1-4-8-20-11-14-21(15-12-20)26-18-24(22-9-6-7-10-25(22)32-26)29(34)33-30-28(31(35)36-3)23-16-13-19(5-2)17-27(23)37-30/h6-7,9-12,14-15,18-19H,4-5,8,13,16-17H2,1-3H3,(H,33,34)/t19-/m0/s1. The molecule has 190 valence electrons. The quantitative estimate of drug-likeness (QED) is 0.261. The van der Waals surface area contributed by atoms with Crippen molar-refractivity contribution in [2.24, 2.45) is 5.92 Å². The third-order valence-corrected chi connectivity index (χ3v) is 8.48. The fraction of sp³-hybridized carbons (Fsp3) is 0.323. The van der Waals surface area contributed by atoms with Crippen molar-refractivity contribution < 1.29 is 14.3 Å². The topological polar surface area (TPSA) is 68.3 Å². The highest BCUT2D eigenvalue weighted by Gasteiger charge is 2.30. The number of thiophene rings is 1. The number of aryl methyl sites for hydroxylation is 1. The lowest BCUT2D eigenvalue weighted by Crippen LogP contribution is -2.17. The van der Waals surface area contributed by atoms with Crippen LogP contribution in [0.5, 0.6) is 0 Å². The summed E-state index contributed by atoms with van der Waals surface area (Å²) in [5.74, 6) is -0.0379. The molecule has 1 aliphatic rings. The number of nitrogens with one attached hydrogen (secondary N) is 1. The van der Waals surface area contributed by atoms with Crippen molar-refractivity contribution >= 4 is 39.1 Å². The molecule has 6 heteroatoms. The summed E-state index contributed by atoms with van der Waals surface area (Å²) in [4.78, 5) is 32.6. The van der Waals surface area contributed by atoms with Crippen LogP contribution in [0.4, 0.5) is 5.00 Å². The minimum atomic E-state index is -0.393. The molecule has 37 heavy (non-hydrogen) atoms. The molecule has 2 aromatic heterocycles. The van der Waals surface area contributed by atoms with Gasteiger partial charge in [0, 0.05) is 15.8 Å². The summed E-state index contributed by atoms with van der Waals surface area (Å²) in [5, 5.41) is 4.43. The number of anilines is 1. The number of rotatable bonds is 7. The van der Waals surface area contributed by atoms with Gasteiger partial charge in [0.1, 0.15) is 5.00 Å². The lowest BCUT2D eigenvalue weighted by molar-refractivity contribution is 0.0600. The Morgan fingerprint density at radius 1 is 1.11 bits per heavy atom. The van der Waals surface area contributed by atoms with Gasteiger partial charge in [-0.25, -0.2) is 9.78 Å². The van der Waals surface area contributed by atoms with Crippen LogP contribution < -0.4 is 5.32 Å². The van der Waals surface area contributed by atoms with Gasteiger partial charge in [-0.2, -0.15) is 0 Å². The maximum absolute atomic E-state index is 13.8. The van der Waals surface area contributed by atoms with Crippen LogP contribution in [0.2, 0.25) is 0 Å². The molecule has 2 heterocycles. The van der Waals surface area contributed by atoms with Crippen molar-refractivity contribution in [2.45, 2.75) is 52.4 Å². The van der Waals surface area contributed by atoms with Crippen LogP contribution in [0, 0.1) is 5.92 Å². The van der Waals surface area contributed by atoms with Gasteiger partial charge in [-0.3, -0.25) is 4.79 Å². The molecule has 1 aliphatic carbocycles. The third-order valence-electron chi connectivity index (χ3n) is 7.31. The van der Waals surface area contributed by atoms with E-state index in [1.54, 1.807) is 0 Å². The maximum atomic E-state index is 13.8. The minimum Gasteiger partial charge on any atom is -0.465 e. The van der Waals surface area contributed by atoms with E-state index in [9.17, 15) is 9.59 Å². The first kappa shape index (κ1) is 25.2. The average Bonchev–Trinajstić information content (AvgIpc) is 3.29. The monoisotopic (exact) mass is 512 g/mol. The Balaban J connectivity index is 1.54. The van der Waals surface area contributed by atoms with Crippen molar-refractivity contribution in [1.82, 2.24) is 4.98 Å². The van der Waals surface area contributed by atoms with E-state index in [0.29, 0.717) is 22.0 Å². The SMILES string of the molecule is CCCc1ccc(-c2cc(C(=O)Nc3sc4c(c3C(=O)OC)CC[C@H](CC)C4)c3ccccc3n2)cc1. The van der Waals surface area contributed by atoms with Gasteiger partial charge in [-0.15, -0.1) is 11.3 Å². The molecule has 0 saturated carbocycles. The predicted molar refractivity (Wildman–Crippen MR) is 151 cm³/mol. The summed E-state index contributed by atoms with van der Waals surface area (Å²) in [6.07, 6.45) is 6.06. The van der Waals surface area contributed by atoms with E-state index in [1.807, 2.05) is 30.3 Å². The van der Waals surface area contributed by atoms with Gasteiger partial charge in [0.25, 0.3) is 5.91 Å². The number of hydrogen-bond donors (Lipinski definition) is 1. The number of pyridine rings is 1. The number of esters is 1. The summed E-state index contributed by atoms with van der Waals surface area (Å²) in [5.41, 5.74) is 5.83. The van der Waals surface area contributed by atoms with Crippen LogP contribution in [0.15, 0.2) is 54.6 Å². The van der Waals surface area contributed by atoms with E-state index in [0.717, 1.165) is 66.2 Å². The van der Waals surface area contributed by atoms with Crippen LogP contribution in [0.3, 0.4) is 0 Å². The lowest BCUT2D eigenvalue weighted by Gasteiger charge is -2.20. The van der Waals surface area contributed by atoms with Gasteiger partial charge < -0.3 is 10.1 Å². The number of amides is 1. The third kappa shape index (κ3) is 5.03. The number of methoxy groups -OCH3 is 1. The number of hydrogen-bond acceptors (Lipinski definition) is 5. The van der Waals surface area contributed by atoms with Gasteiger partial charge in [0.05, 0.1) is 29.4 Å². The Hall–Kier alpha value is -3.51. The van der Waals surface area contributed by atoms with E-state index in [-0.39, 0.29) is 5.91 Å². The van der Waals surface area contributed by atoms with Crippen molar-refractivity contribution in [2.75, 3.05) is 12.4 Å². The number of ether oxygens (including phenoxy) is 1.